The number of hydrogen-bond acceptors (Lipinski definition) is 5. The number of aliphatic hydroxyl groups is 1. The molecule has 35 heavy (non-hydrogen) atoms. The first-order valence-corrected chi connectivity index (χ1v) is 11.5. The highest BCUT2D eigenvalue weighted by Crippen LogP contribution is 2.42. The van der Waals surface area contributed by atoms with Crippen LogP contribution >= 0.6 is 0 Å². The summed E-state index contributed by atoms with van der Waals surface area (Å²) in [5, 5.41) is 17.3. The number of rotatable bonds is 3. The first-order chi connectivity index (χ1) is 16.6. The number of benzene rings is 3. The predicted octanol–water partition coefficient (Wildman–Crippen LogP) is 6.06. The number of carbonyl (C=O) groups excluding carboxylic acids is 2. The van der Waals surface area contributed by atoms with Crippen molar-refractivity contribution in [1.29, 1.82) is 0 Å². The lowest BCUT2D eigenvalue weighted by molar-refractivity contribution is -0.132. The van der Waals surface area contributed by atoms with E-state index in [9.17, 15) is 14.7 Å². The summed E-state index contributed by atoms with van der Waals surface area (Å²) >= 11 is 0. The molecule has 0 radical (unpaired) electrons. The van der Waals surface area contributed by atoms with Crippen LogP contribution in [0.5, 0.6) is 0 Å². The molecule has 1 aromatic heterocycles. The number of anilines is 1. The zero-order valence-corrected chi connectivity index (χ0v) is 20.1. The number of hydrogen-bond donors (Lipinski definition) is 1. The number of nitrogens with zero attached hydrogens (tertiary/aromatic N) is 2. The number of fused-ring (bicyclic) bond motifs is 1. The smallest absolute Gasteiger partial charge is 0.301 e. The van der Waals surface area contributed by atoms with E-state index in [1.807, 2.05) is 60.7 Å². The number of carbonyl (C=O) groups is 2. The number of Topliss-reactive ketones (excluding diaryl/α,β-unsaturated/α-hetero) is 1. The van der Waals surface area contributed by atoms with Crippen LogP contribution in [0.4, 0.5) is 5.82 Å². The third kappa shape index (κ3) is 3.91. The van der Waals surface area contributed by atoms with Crippen molar-refractivity contribution in [3.05, 3.63) is 101 Å². The average molecular weight is 467 g/mol. The number of ketones is 1. The van der Waals surface area contributed by atoms with Crippen molar-refractivity contribution in [2.24, 2.45) is 0 Å². The van der Waals surface area contributed by atoms with Gasteiger partial charge in [-0.1, -0.05) is 86.6 Å². The van der Waals surface area contributed by atoms with Crippen LogP contribution in [0.1, 0.15) is 49.3 Å². The lowest BCUT2D eigenvalue weighted by Gasteiger charge is -2.24. The molecule has 1 aliphatic heterocycles. The highest BCUT2D eigenvalue weighted by molar-refractivity contribution is 6.51. The Bertz CT molecular complexity index is 1490. The molecular formula is C29H26N2O4. The van der Waals surface area contributed by atoms with E-state index >= 15 is 0 Å². The Balaban J connectivity index is 1.70. The van der Waals surface area contributed by atoms with Gasteiger partial charge in [-0.15, -0.1) is 0 Å². The first kappa shape index (κ1) is 22.6. The normalized spacial score (nSPS) is 17.9. The summed E-state index contributed by atoms with van der Waals surface area (Å²) in [7, 11) is 0. The van der Waals surface area contributed by atoms with Crippen LogP contribution in [0.15, 0.2) is 82.9 Å². The van der Waals surface area contributed by atoms with Gasteiger partial charge >= 0.3 is 5.91 Å². The van der Waals surface area contributed by atoms with Gasteiger partial charge in [-0.05, 0) is 40.3 Å². The highest BCUT2D eigenvalue weighted by atomic mass is 16.5. The minimum absolute atomic E-state index is 0.0226. The van der Waals surface area contributed by atoms with Crippen molar-refractivity contribution in [3.8, 4) is 0 Å². The molecule has 6 heteroatoms. The zero-order chi connectivity index (χ0) is 24.9. The van der Waals surface area contributed by atoms with E-state index < -0.39 is 17.7 Å². The maximum Gasteiger partial charge on any atom is 0.301 e. The van der Waals surface area contributed by atoms with Gasteiger partial charge in [0.25, 0.3) is 5.78 Å². The van der Waals surface area contributed by atoms with Crippen molar-refractivity contribution in [1.82, 2.24) is 5.16 Å². The largest absolute Gasteiger partial charge is 0.507 e. The number of amides is 1. The fourth-order valence-electron chi connectivity index (χ4n) is 4.51. The molecule has 1 fully saturated rings. The third-order valence-corrected chi connectivity index (χ3v) is 6.42. The molecule has 3 aromatic carbocycles. The molecule has 6 nitrogen and oxygen atoms in total. The molecule has 0 aliphatic carbocycles. The van der Waals surface area contributed by atoms with Gasteiger partial charge in [0.1, 0.15) is 11.5 Å². The van der Waals surface area contributed by atoms with Crippen LogP contribution in [-0.2, 0) is 15.0 Å². The Morgan fingerprint density at radius 3 is 2.26 bits per heavy atom. The van der Waals surface area contributed by atoms with Gasteiger partial charge in [-0.2, -0.15) is 0 Å². The molecule has 2 heterocycles. The van der Waals surface area contributed by atoms with Crippen LogP contribution in [0, 0.1) is 6.92 Å². The summed E-state index contributed by atoms with van der Waals surface area (Å²) < 4.78 is 5.20. The second-order valence-electron chi connectivity index (χ2n) is 9.90. The van der Waals surface area contributed by atoms with E-state index in [0.29, 0.717) is 16.9 Å². The summed E-state index contributed by atoms with van der Waals surface area (Å²) in [6, 6.07) is 21.7. The minimum atomic E-state index is -0.847. The Morgan fingerprint density at radius 1 is 0.943 bits per heavy atom. The summed E-state index contributed by atoms with van der Waals surface area (Å²) in [6.45, 7) is 8.07. The van der Waals surface area contributed by atoms with Gasteiger partial charge in [-0.3, -0.25) is 14.5 Å². The third-order valence-electron chi connectivity index (χ3n) is 6.42. The molecule has 1 N–H and O–H groups in total. The van der Waals surface area contributed by atoms with Gasteiger partial charge in [0, 0.05) is 11.6 Å². The molecule has 1 saturated heterocycles. The van der Waals surface area contributed by atoms with Crippen LogP contribution in [0.25, 0.3) is 16.5 Å². The molecular weight excluding hydrogens is 440 g/mol. The Morgan fingerprint density at radius 2 is 1.63 bits per heavy atom. The zero-order valence-electron chi connectivity index (χ0n) is 20.1. The van der Waals surface area contributed by atoms with E-state index in [-0.39, 0.29) is 22.6 Å². The molecule has 4 aromatic rings. The van der Waals surface area contributed by atoms with Crippen molar-refractivity contribution in [2.75, 3.05) is 4.90 Å². The second kappa shape index (κ2) is 8.24. The molecule has 1 atom stereocenters. The molecule has 0 spiro atoms. The second-order valence-corrected chi connectivity index (χ2v) is 9.90. The summed E-state index contributed by atoms with van der Waals surface area (Å²) in [5.41, 5.74) is 2.24. The average Bonchev–Trinajstić information content (AvgIpc) is 3.38. The van der Waals surface area contributed by atoms with Crippen LogP contribution < -0.4 is 4.90 Å². The van der Waals surface area contributed by atoms with Crippen LogP contribution in [0.2, 0.25) is 0 Å². The monoisotopic (exact) mass is 466 g/mol. The van der Waals surface area contributed by atoms with Gasteiger partial charge in [0.2, 0.25) is 0 Å². The molecule has 176 valence electrons. The van der Waals surface area contributed by atoms with Gasteiger partial charge in [0.05, 0.1) is 11.6 Å². The quantitative estimate of drug-likeness (QED) is 0.225. The van der Waals surface area contributed by atoms with Crippen molar-refractivity contribution in [3.63, 3.8) is 0 Å². The lowest BCUT2D eigenvalue weighted by Crippen LogP contribution is -2.29. The Hall–Kier alpha value is -4.19. The summed E-state index contributed by atoms with van der Waals surface area (Å²) in [5.74, 6) is -1.00. The molecule has 1 amide bonds. The van der Waals surface area contributed by atoms with Gasteiger partial charge in [-0.25, -0.2) is 0 Å². The van der Waals surface area contributed by atoms with Crippen molar-refractivity contribution < 1.29 is 19.2 Å². The van der Waals surface area contributed by atoms with Crippen molar-refractivity contribution >= 4 is 34.0 Å². The van der Waals surface area contributed by atoms with Gasteiger partial charge in [0.15, 0.2) is 5.82 Å². The van der Waals surface area contributed by atoms with Crippen molar-refractivity contribution in [2.45, 2.75) is 39.2 Å². The minimum Gasteiger partial charge on any atom is -0.507 e. The Labute approximate surface area is 203 Å². The topological polar surface area (TPSA) is 83.6 Å². The first-order valence-electron chi connectivity index (χ1n) is 11.5. The van der Waals surface area contributed by atoms with E-state index in [0.717, 1.165) is 16.3 Å². The molecule has 0 saturated carbocycles. The number of aliphatic hydroxyl groups excluding tert-OH is 1. The fourth-order valence-corrected chi connectivity index (χ4v) is 4.51. The van der Waals surface area contributed by atoms with E-state index in [1.54, 1.807) is 19.1 Å². The lowest BCUT2D eigenvalue weighted by atomic mass is 9.85. The predicted molar refractivity (Wildman–Crippen MR) is 135 cm³/mol. The van der Waals surface area contributed by atoms with Crippen LogP contribution in [-0.4, -0.2) is 22.0 Å². The van der Waals surface area contributed by atoms with Gasteiger partial charge < -0.3 is 9.63 Å². The maximum atomic E-state index is 13.3. The standard InChI is InChI=1S/C29H26N2O4/c1-17-15-23(30-35-17)31-25(19-11-13-22(14-12-19)29(2,3)4)24(27(33)28(31)34)26(32)21-10-9-18-7-5-6-8-20(18)16-21/h5-16,25,32H,1-4H3/b26-24+/t25-/m1/s1. The molecule has 1 aliphatic rings. The molecule has 0 bridgehead atoms. The highest BCUT2D eigenvalue weighted by Gasteiger charge is 2.48. The van der Waals surface area contributed by atoms with E-state index in [1.165, 1.54) is 4.90 Å². The van der Waals surface area contributed by atoms with E-state index in [2.05, 4.69) is 25.9 Å². The maximum absolute atomic E-state index is 13.3. The summed E-state index contributed by atoms with van der Waals surface area (Å²) in [4.78, 5) is 27.9. The molecule has 5 rings (SSSR count). The van der Waals surface area contributed by atoms with E-state index in [4.69, 9.17) is 4.52 Å². The fraction of sp³-hybridized carbons (Fsp3) is 0.207. The number of aryl methyl sites for hydroxylation is 1. The molecule has 0 unspecified atom stereocenters. The SMILES string of the molecule is Cc1cc(N2C(=O)C(=O)/C(=C(/O)c3ccc4ccccc4c3)[C@H]2c2ccc(C(C)(C)C)cc2)no1. The summed E-state index contributed by atoms with van der Waals surface area (Å²) in [6.07, 6.45) is 0. The number of aromatic nitrogens is 1. The van der Waals surface area contributed by atoms with Crippen LogP contribution in [0.3, 0.4) is 0 Å². The Kier molecular flexibility index (Phi) is 5.32.